The summed E-state index contributed by atoms with van der Waals surface area (Å²) in [5, 5.41) is 9.83. The zero-order valence-electron chi connectivity index (χ0n) is 13.3. The highest BCUT2D eigenvalue weighted by molar-refractivity contribution is 7.14. The molecule has 0 aliphatic heterocycles. The van der Waals surface area contributed by atoms with E-state index in [-0.39, 0.29) is 23.5 Å². The van der Waals surface area contributed by atoms with Gasteiger partial charge in [0.05, 0.1) is 4.88 Å². The van der Waals surface area contributed by atoms with E-state index < -0.39 is 17.2 Å². The molecule has 0 spiro atoms. The molecule has 126 valence electrons. The molecule has 0 aliphatic rings. The molecule has 5 nitrogen and oxygen atoms in total. The van der Waals surface area contributed by atoms with Crippen molar-refractivity contribution in [2.45, 2.75) is 13.3 Å². The summed E-state index contributed by atoms with van der Waals surface area (Å²) in [4.78, 5) is 37.6. The molecule has 3 rings (SSSR count). The van der Waals surface area contributed by atoms with Gasteiger partial charge in [-0.15, -0.1) is 11.3 Å². The second-order valence-corrected chi connectivity index (χ2v) is 6.63. The number of hydrogen-bond acceptors (Lipinski definition) is 6. The minimum absolute atomic E-state index is 0.0892. The van der Waals surface area contributed by atoms with E-state index in [0.717, 1.165) is 0 Å². The van der Waals surface area contributed by atoms with Crippen molar-refractivity contribution < 1.29 is 19.1 Å². The molecule has 3 aromatic rings. The summed E-state index contributed by atoms with van der Waals surface area (Å²) in [7, 11) is 0. The number of carbonyl (C=O) groups is 2. The number of aromatic hydroxyl groups is 1. The largest absolute Gasteiger partial charge is 0.507 e. The molecule has 25 heavy (non-hydrogen) atoms. The Morgan fingerprint density at radius 1 is 1.12 bits per heavy atom. The van der Waals surface area contributed by atoms with Gasteiger partial charge < -0.3 is 9.52 Å². The molecule has 0 radical (unpaired) electrons. The van der Waals surface area contributed by atoms with Gasteiger partial charge in [0, 0.05) is 22.9 Å². The molecular weight excluding hydrogens is 340 g/mol. The molecule has 0 bridgehead atoms. The third kappa shape index (κ3) is 3.59. The third-order valence-corrected chi connectivity index (χ3v) is 4.67. The fourth-order valence-corrected chi connectivity index (χ4v) is 3.39. The number of rotatable bonds is 5. The second kappa shape index (κ2) is 6.86. The Bertz CT molecular complexity index is 998. The predicted octanol–water partition coefficient (Wildman–Crippen LogP) is 3.37. The number of ketones is 2. The first-order chi connectivity index (χ1) is 12.0. The van der Waals surface area contributed by atoms with Gasteiger partial charge in [-0.1, -0.05) is 30.3 Å². The minimum Gasteiger partial charge on any atom is -0.507 e. The first kappa shape index (κ1) is 16.9. The van der Waals surface area contributed by atoms with Gasteiger partial charge in [0.25, 0.3) is 0 Å². The number of aryl methyl sites for hydroxylation is 1. The summed E-state index contributed by atoms with van der Waals surface area (Å²) in [6, 6.07) is 13.4. The van der Waals surface area contributed by atoms with Crippen LogP contribution in [0, 0.1) is 6.92 Å². The second-order valence-electron chi connectivity index (χ2n) is 5.47. The standard InChI is InChI=1S/C19H14O5S/c1-11-9-14(20)17(19(23)24-11)15(21)10-13-7-8-16(25-13)18(22)12-5-3-2-4-6-12/h2-9,20H,10H2,1H3. The van der Waals surface area contributed by atoms with E-state index in [2.05, 4.69) is 0 Å². The van der Waals surface area contributed by atoms with Gasteiger partial charge in [0.15, 0.2) is 5.78 Å². The molecule has 0 aliphatic carbocycles. The van der Waals surface area contributed by atoms with E-state index >= 15 is 0 Å². The van der Waals surface area contributed by atoms with Gasteiger partial charge in [0.1, 0.15) is 17.1 Å². The average Bonchev–Trinajstić information content (AvgIpc) is 3.02. The van der Waals surface area contributed by atoms with Gasteiger partial charge in [-0.05, 0) is 19.1 Å². The summed E-state index contributed by atoms with van der Waals surface area (Å²) >= 11 is 1.19. The van der Waals surface area contributed by atoms with Crippen LogP contribution in [0.15, 0.2) is 57.7 Å². The van der Waals surface area contributed by atoms with Crippen LogP contribution in [-0.2, 0) is 6.42 Å². The summed E-state index contributed by atoms with van der Waals surface area (Å²) in [5.41, 5.74) is -0.659. The van der Waals surface area contributed by atoms with Crippen LogP contribution in [0.25, 0.3) is 0 Å². The maximum atomic E-state index is 12.4. The quantitative estimate of drug-likeness (QED) is 0.710. The molecule has 1 aromatic carbocycles. The SMILES string of the molecule is Cc1cc(O)c(C(=O)Cc2ccc(C(=O)c3ccccc3)s2)c(=O)o1. The lowest BCUT2D eigenvalue weighted by Crippen LogP contribution is -2.16. The average molecular weight is 354 g/mol. The molecule has 0 saturated carbocycles. The van der Waals surface area contributed by atoms with E-state index in [9.17, 15) is 19.5 Å². The molecule has 2 heterocycles. The Morgan fingerprint density at radius 2 is 1.84 bits per heavy atom. The van der Waals surface area contributed by atoms with Crippen molar-refractivity contribution in [1.82, 2.24) is 0 Å². The zero-order valence-corrected chi connectivity index (χ0v) is 14.1. The number of thiophene rings is 1. The maximum absolute atomic E-state index is 12.4. The molecule has 0 fully saturated rings. The number of hydrogen-bond donors (Lipinski definition) is 1. The van der Waals surface area contributed by atoms with Crippen LogP contribution in [0.3, 0.4) is 0 Å². The predicted molar refractivity (Wildman–Crippen MR) is 93.6 cm³/mol. The lowest BCUT2D eigenvalue weighted by molar-refractivity contribution is 0.0985. The zero-order chi connectivity index (χ0) is 18.0. The van der Waals surface area contributed by atoms with Crippen LogP contribution < -0.4 is 5.63 Å². The highest BCUT2D eigenvalue weighted by atomic mass is 32.1. The number of Topliss-reactive ketones (excluding diaryl/α,β-unsaturated/α-hetero) is 1. The van der Waals surface area contributed by atoms with Crippen LogP contribution in [0.2, 0.25) is 0 Å². The first-order valence-electron chi connectivity index (χ1n) is 7.51. The molecule has 2 aromatic heterocycles. The Morgan fingerprint density at radius 3 is 2.52 bits per heavy atom. The van der Waals surface area contributed by atoms with E-state index in [1.54, 1.807) is 36.4 Å². The first-order valence-corrected chi connectivity index (χ1v) is 8.32. The van der Waals surface area contributed by atoms with E-state index in [1.165, 1.54) is 24.3 Å². The van der Waals surface area contributed by atoms with Gasteiger partial charge in [-0.2, -0.15) is 0 Å². The van der Waals surface area contributed by atoms with Crippen molar-refractivity contribution >= 4 is 22.9 Å². The number of benzene rings is 1. The molecule has 0 saturated heterocycles. The number of carbonyl (C=O) groups excluding carboxylic acids is 2. The highest BCUT2D eigenvalue weighted by Gasteiger charge is 2.20. The molecule has 0 atom stereocenters. The van der Waals surface area contributed by atoms with Crippen molar-refractivity contribution in [3.63, 3.8) is 0 Å². The monoisotopic (exact) mass is 354 g/mol. The normalized spacial score (nSPS) is 10.6. The van der Waals surface area contributed by atoms with Crippen molar-refractivity contribution in [2.75, 3.05) is 0 Å². The third-order valence-electron chi connectivity index (χ3n) is 3.59. The Balaban J connectivity index is 1.81. The lowest BCUT2D eigenvalue weighted by Gasteiger charge is -2.02. The summed E-state index contributed by atoms with van der Waals surface area (Å²) in [6.45, 7) is 1.51. The van der Waals surface area contributed by atoms with Crippen LogP contribution in [0.4, 0.5) is 0 Å². The van der Waals surface area contributed by atoms with Crippen molar-refractivity contribution in [1.29, 1.82) is 0 Å². The fraction of sp³-hybridized carbons (Fsp3) is 0.105. The van der Waals surface area contributed by atoms with Crippen molar-refractivity contribution in [2.24, 2.45) is 0 Å². The van der Waals surface area contributed by atoms with Gasteiger partial charge in [-0.25, -0.2) is 4.79 Å². The topological polar surface area (TPSA) is 84.6 Å². The highest BCUT2D eigenvalue weighted by Crippen LogP contribution is 2.23. The van der Waals surface area contributed by atoms with Crippen LogP contribution in [0.1, 0.15) is 36.2 Å². The van der Waals surface area contributed by atoms with Gasteiger partial charge in [-0.3, -0.25) is 9.59 Å². The van der Waals surface area contributed by atoms with Gasteiger partial charge >= 0.3 is 5.63 Å². The molecule has 0 amide bonds. The van der Waals surface area contributed by atoms with Crippen LogP contribution >= 0.6 is 11.3 Å². The summed E-state index contributed by atoms with van der Waals surface area (Å²) in [5.74, 6) is -0.837. The molecule has 0 unspecified atom stereocenters. The minimum atomic E-state index is -0.861. The smallest absolute Gasteiger partial charge is 0.350 e. The van der Waals surface area contributed by atoms with Gasteiger partial charge in [0.2, 0.25) is 5.78 Å². The maximum Gasteiger partial charge on any atom is 0.350 e. The summed E-state index contributed by atoms with van der Waals surface area (Å²) < 4.78 is 4.86. The Hall–Kier alpha value is -2.99. The van der Waals surface area contributed by atoms with Crippen LogP contribution in [0.5, 0.6) is 5.75 Å². The van der Waals surface area contributed by atoms with Crippen molar-refractivity contribution in [3.8, 4) is 5.75 Å². The van der Waals surface area contributed by atoms with Crippen LogP contribution in [-0.4, -0.2) is 16.7 Å². The summed E-state index contributed by atoms with van der Waals surface area (Å²) in [6.07, 6.45) is -0.0892. The van der Waals surface area contributed by atoms with Crippen molar-refractivity contribution in [3.05, 3.63) is 85.6 Å². The van der Waals surface area contributed by atoms with E-state index in [1.807, 2.05) is 6.07 Å². The Labute approximate surface area is 147 Å². The molecular formula is C19H14O5S. The molecule has 6 heteroatoms. The van der Waals surface area contributed by atoms with E-state index in [0.29, 0.717) is 15.3 Å². The lowest BCUT2D eigenvalue weighted by atomic mass is 10.1. The molecule has 1 N–H and O–H groups in total. The Kier molecular flexibility index (Phi) is 4.63. The van der Waals surface area contributed by atoms with E-state index in [4.69, 9.17) is 4.42 Å². The fourth-order valence-electron chi connectivity index (χ4n) is 2.43.